The van der Waals surface area contributed by atoms with Gasteiger partial charge in [-0.3, -0.25) is 24.1 Å². The average molecular weight is 825 g/mol. The molecular formula is C40H24Cl2F5N3O7. The molecule has 4 amide bonds. The zero-order chi connectivity index (χ0) is 40.5. The van der Waals surface area contributed by atoms with Gasteiger partial charge in [-0.25, -0.2) is 31.8 Å². The highest BCUT2D eigenvalue weighted by Gasteiger charge is 2.77. The third-order valence-corrected chi connectivity index (χ3v) is 12.8. The van der Waals surface area contributed by atoms with E-state index in [9.17, 15) is 37.5 Å². The van der Waals surface area contributed by atoms with Crippen LogP contribution < -0.4 is 14.5 Å². The summed E-state index contributed by atoms with van der Waals surface area (Å²) >= 11 is 14.3. The second-order valence-electron chi connectivity index (χ2n) is 14.2. The molecule has 2 aliphatic heterocycles. The lowest BCUT2D eigenvalue weighted by Crippen LogP contribution is -2.60. The number of fused-ring (bicyclic) bond motifs is 5. The number of methoxy groups -OCH3 is 1. The predicted octanol–water partition coefficient (Wildman–Crippen LogP) is 7.67. The Morgan fingerprint density at radius 3 is 2.14 bits per heavy atom. The Morgan fingerprint density at radius 2 is 1.49 bits per heavy atom. The van der Waals surface area contributed by atoms with Crippen molar-refractivity contribution in [3.63, 3.8) is 0 Å². The van der Waals surface area contributed by atoms with Crippen molar-refractivity contribution in [2.24, 2.45) is 17.8 Å². The van der Waals surface area contributed by atoms with Crippen molar-refractivity contribution < 1.29 is 55.4 Å². The van der Waals surface area contributed by atoms with Gasteiger partial charge in [0.2, 0.25) is 23.5 Å². The van der Waals surface area contributed by atoms with E-state index in [2.05, 4.69) is 4.98 Å². The molecule has 2 saturated heterocycles. The van der Waals surface area contributed by atoms with E-state index in [-0.39, 0.29) is 33.9 Å². The minimum atomic E-state index is -2.79. The SMILES string of the molecule is COc1ccc([C@H]2C3=CC[C@@H]4C(=O)N(c5ccc(-c6nc7ccccc7o6)cc5)C(=O)[C@@H]4[C@@H]3C[C@@]3(Cl)C(=O)N(c4c(F)c(F)c(F)c(F)c4F)C(=O)[C@@]23Cl)c(O)c1. The van der Waals surface area contributed by atoms with Crippen molar-refractivity contribution in [3.05, 3.63) is 113 Å². The van der Waals surface area contributed by atoms with Gasteiger partial charge in [0.25, 0.3) is 11.8 Å². The number of imide groups is 2. The topological polar surface area (TPSA) is 130 Å². The van der Waals surface area contributed by atoms with E-state index in [4.69, 9.17) is 32.4 Å². The van der Waals surface area contributed by atoms with Crippen molar-refractivity contribution >= 4 is 69.3 Å². The highest BCUT2D eigenvalue weighted by atomic mass is 35.5. The quantitative estimate of drug-likeness (QED) is 0.0478. The second-order valence-corrected chi connectivity index (χ2v) is 15.4. The maximum Gasteiger partial charge on any atom is 0.258 e. The van der Waals surface area contributed by atoms with Crippen LogP contribution in [0.4, 0.5) is 33.3 Å². The number of amides is 4. The molecule has 4 aliphatic rings. The third-order valence-electron chi connectivity index (χ3n) is 11.4. The fraction of sp³-hybridized carbons (Fsp3) is 0.225. The summed E-state index contributed by atoms with van der Waals surface area (Å²) in [5, 5.41) is 11.3. The standard InChI is InChI=1S/C40H24Cl2F5N3O7/c1-56-18-10-11-20(24(51)14-18)27-19-12-13-21-26(36(53)49(35(21)52)17-8-6-16(7-9-17)34-48-23-4-2-3-5-25(23)57-34)22(19)15-39(41)37(54)50(38(55)40(27,39)42)33-31(46)29(44)28(43)30(45)32(33)47/h2-12,14,21-22,26-27,51H,13,15H2,1H3/t21-,22+,26-,27+,39+,40-/m0/s1. The number of hydrogen-bond donors (Lipinski definition) is 1. The highest BCUT2D eigenvalue weighted by molar-refractivity contribution is 6.58. The van der Waals surface area contributed by atoms with E-state index in [1.54, 1.807) is 36.4 Å². The van der Waals surface area contributed by atoms with E-state index in [0.717, 1.165) is 11.0 Å². The number of halogens is 7. The molecular weight excluding hydrogens is 800 g/mol. The molecule has 1 aromatic heterocycles. The maximum absolute atomic E-state index is 15.3. The largest absolute Gasteiger partial charge is 0.508 e. The Hall–Kier alpha value is -5.80. The van der Waals surface area contributed by atoms with Gasteiger partial charge in [-0.2, -0.15) is 0 Å². The molecule has 4 aromatic carbocycles. The molecule has 3 heterocycles. The van der Waals surface area contributed by atoms with Gasteiger partial charge in [-0.05, 0) is 61.2 Å². The van der Waals surface area contributed by atoms with Gasteiger partial charge < -0.3 is 14.3 Å². The Kier molecular flexibility index (Phi) is 8.14. The number of oxazole rings is 1. The van der Waals surface area contributed by atoms with Crippen molar-refractivity contribution in [3.8, 4) is 23.0 Å². The summed E-state index contributed by atoms with van der Waals surface area (Å²) in [5.74, 6) is -22.2. The fourth-order valence-corrected chi connectivity index (χ4v) is 9.74. The predicted molar refractivity (Wildman–Crippen MR) is 193 cm³/mol. The first-order valence-corrected chi connectivity index (χ1v) is 18.1. The number of benzene rings is 4. The molecule has 1 N–H and O–H groups in total. The second kappa shape index (κ2) is 12.6. The van der Waals surface area contributed by atoms with Crippen LogP contribution in [-0.4, -0.2) is 50.6 Å². The third kappa shape index (κ3) is 4.84. The van der Waals surface area contributed by atoms with Crippen molar-refractivity contribution in [2.45, 2.75) is 28.5 Å². The Balaban J connectivity index is 1.15. The van der Waals surface area contributed by atoms with Crippen LogP contribution in [0.15, 0.2) is 82.8 Å². The van der Waals surface area contributed by atoms with Crippen molar-refractivity contribution in [1.82, 2.24) is 4.98 Å². The lowest BCUT2D eigenvalue weighted by molar-refractivity contribution is -0.125. The molecule has 290 valence electrons. The van der Waals surface area contributed by atoms with E-state index >= 15 is 8.78 Å². The summed E-state index contributed by atoms with van der Waals surface area (Å²) in [7, 11) is 1.31. The maximum atomic E-state index is 15.3. The number of phenolic OH excluding ortho intramolecular Hbond substituents is 1. The summed E-state index contributed by atoms with van der Waals surface area (Å²) in [6.45, 7) is 0. The zero-order valence-corrected chi connectivity index (χ0v) is 30.5. The highest BCUT2D eigenvalue weighted by Crippen LogP contribution is 2.67. The number of carbonyl (C=O) groups excluding carboxylic acids is 4. The first-order chi connectivity index (χ1) is 27.1. The molecule has 5 aromatic rings. The van der Waals surface area contributed by atoms with Crippen LogP contribution in [0.25, 0.3) is 22.6 Å². The number of carbonyl (C=O) groups is 4. The van der Waals surface area contributed by atoms with Crippen LogP contribution in [0.1, 0.15) is 24.3 Å². The summed E-state index contributed by atoms with van der Waals surface area (Å²) in [6.07, 6.45) is 0.751. The minimum absolute atomic E-state index is 0.0856. The van der Waals surface area contributed by atoms with Crippen LogP contribution >= 0.6 is 23.2 Å². The number of para-hydroxylation sites is 2. The van der Waals surface area contributed by atoms with Gasteiger partial charge >= 0.3 is 0 Å². The van der Waals surface area contributed by atoms with Crippen molar-refractivity contribution in [2.75, 3.05) is 16.9 Å². The van der Waals surface area contributed by atoms with Gasteiger partial charge in [-0.1, -0.05) is 29.8 Å². The number of anilines is 2. The average Bonchev–Trinajstić information content (AvgIpc) is 3.80. The summed E-state index contributed by atoms with van der Waals surface area (Å²) in [5.41, 5.74) is 0.0552. The number of aromatic hydroxyl groups is 1. The molecule has 9 rings (SSSR count). The number of nitrogens with zero attached hydrogens (tertiary/aromatic N) is 3. The summed E-state index contributed by atoms with van der Waals surface area (Å²) in [4.78, 5) is 57.1. The summed E-state index contributed by atoms with van der Waals surface area (Å²) < 4.78 is 84.8. The van der Waals surface area contributed by atoms with Crippen molar-refractivity contribution in [1.29, 1.82) is 0 Å². The Labute approximate surface area is 328 Å². The molecule has 10 nitrogen and oxygen atoms in total. The number of aromatic nitrogens is 1. The first-order valence-electron chi connectivity index (χ1n) is 17.3. The molecule has 3 fully saturated rings. The lowest BCUT2D eigenvalue weighted by Gasteiger charge is -2.50. The first kappa shape index (κ1) is 36.8. The van der Waals surface area contributed by atoms with Gasteiger partial charge in [-0.15, -0.1) is 23.2 Å². The molecule has 0 bridgehead atoms. The number of ether oxygens (including phenoxy) is 1. The van der Waals surface area contributed by atoms with E-state index < -0.39 is 104 Å². The van der Waals surface area contributed by atoms with Gasteiger partial charge in [0.05, 0.1) is 24.6 Å². The molecule has 0 radical (unpaired) electrons. The number of hydrogen-bond acceptors (Lipinski definition) is 8. The molecule has 0 spiro atoms. The van der Waals surface area contributed by atoms with E-state index in [0.29, 0.717) is 22.6 Å². The van der Waals surface area contributed by atoms with Gasteiger partial charge in [0, 0.05) is 23.1 Å². The number of alkyl halides is 2. The molecule has 57 heavy (non-hydrogen) atoms. The molecule has 1 saturated carbocycles. The van der Waals surface area contributed by atoms with Crippen LogP contribution in [0.2, 0.25) is 0 Å². The van der Waals surface area contributed by atoms with Gasteiger partial charge in [0.1, 0.15) is 22.7 Å². The van der Waals surface area contributed by atoms with Crippen LogP contribution in [0.5, 0.6) is 11.5 Å². The number of rotatable bonds is 5. The van der Waals surface area contributed by atoms with Gasteiger partial charge in [0.15, 0.2) is 38.6 Å². The van der Waals surface area contributed by atoms with Crippen LogP contribution in [-0.2, 0) is 19.2 Å². The molecule has 2 aliphatic carbocycles. The monoisotopic (exact) mass is 823 g/mol. The number of phenols is 1. The Morgan fingerprint density at radius 1 is 0.825 bits per heavy atom. The Bertz CT molecular complexity index is 2610. The molecule has 0 unspecified atom stereocenters. The normalized spacial score (nSPS) is 26.8. The smallest absolute Gasteiger partial charge is 0.258 e. The van der Waals surface area contributed by atoms with Crippen LogP contribution in [0, 0.1) is 46.8 Å². The minimum Gasteiger partial charge on any atom is -0.508 e. The van der Waals surface area contributed by atoms with Crippen LogP contribution in [0.3, 0.4) is 0 Å². The van der Waals surface area contributed by atoms with E-state index in [1.807, 2.05) is 0 Å². The lowest BCUT2D eigenvalue weighted by atomic mass is 9.56. The molecule has 17 heteroatoms. The zero-order valence-electron chi connectivity index (χ0n) is 29.0. The summed E-state index contributed by atoms with van der Waals surface area (Å²) in [6, 6.07) is 17.2. The number of allylic oxidation sites excluding steroid dienone is 2. The molecule has 6 atom stereocenters. The van der Waals surface area contributed by atoms with E-state index in [1.165, 1.54) is 37.5 Å². The fourth-order valence-electron chi connectivity index (χ4n) is 8.81.